The van der Waals surface area contributed by atoms with Crippen LogP contribution in [0.5, 0.6) is 0 Å². The van der Waals surface area contributed by atoms with Gasteiger partial charge in [0.15, 0.2) is 0 Å². The highest BCUT2D eigenvalue weighted by Crippen LogP contribution is 2.48. The van der Waals surface area contributed by atoms with Crippen molar-refractivity contribution in [1.29, 1.82) is 0 Å². The van der Waals surface area contributed by atoms with Crippen molar-refractivity contribution in [3.8, 4) is 0 Å². The lowest BCUT2D eigenvalue weighted by Gasteiger charge is -2.49. The number of nitrogens with one attached hydrogen (secondary N) is 1. The number of rotatable bonds is 4. The number of ether oxygens (including phenoxy) is 1. The first-order chi connectivity index (χ1) is 19.0. The number of aliphatic hydroxyl groups is 1. The van der Waals surface area contributed by atoms with Gasteiger partial charge in [0.1, 0.15) is 12.1 Å². The van der Waals surface area contributed by atoms with Gasteiger partial charge in [0.05, 0.1) is 11.6 Å². The fraction of sp³-hybridized carbons (Fsp3) is 0.567. The van der Waals surface area contributed by atoms with E-state index in [0.29, 0.717) is 25.9 Å². The molecule has 0 aromatic heterocycles. The summed E-state index contributed by atoms with van der Waals surface area (Å²) < 4.78 is 6.16. The summed E-state index contributed by atoms with van der Waals surface area (Å²) in [6.45, 7) is 6.42. The van der Waals surface area contributed by atoms with E-state index in [2.05, 4.69) is 27.1 Å². The number of carbonyl (C=O) groups is 3. The number of amides is 3. The number of nitrogens with zero attached hydrogens (tertiary/aromatic N) is 4. The summed E-state index contributed by atoms with van der Waals surface area (Å²) in [6.07, 6.45) is 4.41. The number of piperazine rings is 1. The molecule has 2 N–H and O–H groups in total. The number of carbonyl (C=O) groups excluding carboxylic acids is 3. The standard InChI is InChI=1S/C30H35N5O5/c1-16(2)11-23-27(37)34-10-6-9-24(34)30(39)35(23)28(38)29(3,40-30)32-26(36)18-12-20-19-7-5-8-21-25(19)17(14-31-21)13-22(20)33(4)15-18/h5,7-8,12,16,18,22-24,39H,6,9-11,13,15H2,1-4H3,(H,32,36). The zero-order valence-electron chi connectivity index (χ0n) is 23.3. The second-order valence-corrected chi connectivity index (χ2v) is 12.6. The lowest BCUT2D eigenvalue weighted by molar-refractivity contribution is -0.315. The molecule has 0 saturated carbocycles. The summed E-state index contributed by atoms with van der Waals surface area (Å²) in [6, 6.07) is 4.60. The predicted molar refractivity (Wildman–Crippen MR) is 147 cm³/mol. The number of hydrogen-bond donors (Lipinski definition) is 2. The van der Waals surface area contributed by atoms with Gasteiger partial charge in [-0.2, -0.15) is 0 Å². The minimum Gasteiger partial charge on any atom is -0.347 e. The van der Waals surface area contributed by atoms with Crippen LogP contribution in [0.15, 0.2) is 29.3 Å². The Morgan fingerprint density at radius 3 is 2.90 bits per heavy atom. The lowest BCUT2D eigenvalue weighted by atomic mass is 9.77. The second kappa shape index (κ2) is 8.60. The first-order valence-corrected chi connectivity index (χ1v) is 14.3. The van der Waals surface area contributed by atoms with Crippen molar-refractivity contribution >= 4 is 40.4 Å². The van der Waals surface area contributed by atoms with Gasteiger partial charge in [0.25, 0.3) is 11.8 Å². The molecule has 3 saturated heterocycles. The van der Waals surface area contributed by atoms with Crippen LogP contribution in [0.4, 0.5) is 5.69 Å². The van der Waals surface area contributed by atoms with Gasteiger partial charge in [-0.05, 0) is 62.2 Å². The summed E-state index contributed by atoms with van der Waals surface area (Å²) in [5, 5.41) is 14.7. The summed E-state index contributed by atoms with van der Waals surface area (Å²) in [7, 11) is 2.00. The van der Waals surface area contributed by atoms with Gasteiger partial charge in [-0.25, -0.2) is 4.99 Å². The smallest absolute Gasteiger partial charge is 0.280 e. The third-order valence-electron chi connectivity index (χ3n) is 9.41. The third-order valence-corrected chi connectivity index (χ3v) is 9.41. The van der Waals surface area contributed by atoms with Crippen LogP contribution >= 0.6 is 0 Å². The number of benzene rings is 1. The molecule has 1 aromatic rings. The molecule has 210 valence electrons. The molecule has 5 heterocycles. The van der Waals surface area contributed by atoms with Crippen molar-refractivity contribution in [3.63, 3.8) is 0 Å². The predicted octanol–water partition coefficient (Wildman–Crippen LogP) is 1.86. The molecule has 5 aliphatic heterocycles. The van der Waals surface area contributed by atoms with Crippen LogP contribution in [0.3, 0.4) is 0 Å². The quantitative estimate of drug-likeness (QED) is 0.597. The maximum absolute atomic E-state index is 14.0. The Balaban J connectivity index is 1.20. The first kappa shape index (κ1) is 25.7. The van der Waals surface area contributed by atoms with Crippen molar-refractivity contribution in [2.24, 2.45) is 16.8 Å². The van der Waals surface area contributed by atoms with Crippen LogP contribution in [-0.4, -0.2) is 93.3 Å². The largest absolute Gasteiger partial charge is 0.347 e. The zero-order chi connectivity index (χ0) is 28.1. The number of aliphatic imine (C=N–C) groups is 1. The number of fused-ring (bicyclic) bond motifs is 5. The van der Waals surface area contributed by atoms with Gasteiger partial charge in [-0.15, -0.1) is 0 Å². The van der Waals surface area contributed by atoms with E-state index in [0.717, 1.165) is 40.8 Å². The fourth-order valence-electron chi connectivity index (χ4n) is 7.61. The van der Waals surface area contributed by atoms with Crippen molar-refractivity contribution in [2.75, 3.05) is 20.1 Å². The van der Waals surface area contributed by atoms with E-state index in [-0.39, 0.29) is 23.8 Å². The molecule has 0 radical (unpaired) electrons. The highest BCUT2D eigenvalue weighted by atomic mass is 16.7. The topological polar surface area (TPSA) is 115 Å². The van der Waals surface area contributed by atoms with E-state index >= 15 is 0 Å². The van der Waals surface area contributed by atoms with E-state index in [1.807, 2.05) is 39.1 Å². The molecule has 6 aliphatic rings. The molecular formula is C30H35N5O5. The lowest BCUT2D eigenvalue weighted by Crippen LogP contribution is -2.71. The van der Waals surface area contributed by atoms with Crippen LogP contribution in [0.2, 0.25) is 0 Å². The fourth-order valence-corrected chi connectivity index (χ4v) is 7.61. The highest BCUT2D eigenvalue weighted by Gasteiger charge is 2.70. The van der Waals surface area contributed by atoms with Crippen LogP contribution in [0.25, 0.3) is 11.1 Å². The van der Waals surface area contributed by atoms with Crippen molar-refractivity contribution in [3.05, 3.63) is 35.4 Å². The average Bonchev–Trinajstić information content (AvgIpc) is 3.60. The molecule has 1 aliphatic carbocycles. The Bertz CT molecular complexity index is 1450. The van der Waals surface area contributed by atoms with E-state index < -0.39 is 35.5 Å². The van der Waals surface area contributed by atoms with Gasteiger partial charge < -0.3 is 15.3 Å². The molecule has 10 nitrogen and oxygen atoms in total. The van der Waals surface area contributed by atoms with Gasteiger partial charge in [0, 0.05) is 36.7 Å². The summed E-state index contributed by atoms with van der Waals surface area (Å²) in [5.74, 6) is -0.373. The molecule has 3 fully saturated rings. The van der Waals surface area contributed by atoms with Crippen LogP contribution in [-0.2, 0) is 19.1 Å². The molecule has 6 atom stereocenters. The Labute approximate surface area is 233 Å². The molecule has 40 heavy (non-hydrogen) atoms. The normalized spacial score (nSPS) is 35.9. The molecule has 10 heteroatoms. The Morgan fingerprint density at radius 2 is 2.12 bits per heavy atom. The van der Waals surface area contributed by atoms with Crippen molar-refractivity contribution in [2.45, 2.75) is 76.2 Å². The third kappa shape index (κ3) is 3.46. The highest BCUT2D eigenvalue weighted by molar-refractivity contribution is 6.06. The summed E-state index contributed by atoms with van der Waals surface area (Å²) in [5.41, 5.74) is 3.40. The monoisotopic (exact) mass is 545 g/mol. The Morgan fingerprint density at radius 1 is 1.32 bits per heavy atom. The Kier molecular flexibility index (Phi) is 5.52. The molecule has 7 rings (SSSR count). The first-order valence-electron chi connectivity index (χ1n) is 14.3. The average molecular weight is 546 g/mol. The van der Waals surface area contributed by atoms with E-state index in [1.165, 1.54) is 11.8 Å². The minimum atomic E-state index is -1.99. The van der Waals surface area contributed by atoms with E-state index in [1.54, 1.807) is 4.90 Å². The maximum Gasteiger partial charge on any atom is 0.280 e. The summed E-state index contributed by atoms with van der Waals surface area (Å²) in [4.78, 5) is 50.7. The Hall–Kier alpha value is -3.30. The van der Waals surface area contributed by atoms with Gasteiger partial charge in [-0.3, -0.25) is 28.9 Å². The van der Waals surface area contributed by atoms with Gasteiger partial charge >= 0.3 is 0 Å². The molecular weight excluding hydrogens is 510 g/mol. The van der Waals surface area contributed by atoms with Crippen molar-refractivity contribution in [1.82, 2.24) is 20.0 Å². The molecule has 3 amide bonds. The SMILES string of the molecule is CC(C)CC1C(=O)N2CCCC2C2(O)OC(C)(NC(=O)C3C=C4c5cccc6c5C(=C=N6)CC4N(C)C3)C(=O)N12. The molecule has 1 aromatic carbocycles. The van der Waals surface area contributed by atoms with Gasteiger partial charge in [-0.1, -0.05) is 32.1 Å². The van der Waals surface area contributed by atoms with Crippen LogP contribution in [0.1, 0.15) is 57.6 Å². The number of likely N-dealkylation sites (N-methyl/N-ethyl adjacent to an activating group) is 1. The van der Waals surface area contributed by atoms with E-state index in [4.69, 9.17) is 4.74 Å². The summed E-state index contributed by atoms with van der Waals surface area (Å²) >= 11 is 0. The molecule has 0 bridgehead atoms. The van der Waals surface area contributed by atoms with Gasteiger partial charge in [0.2, 0.25) is 17.5 Å². The molecule has 6 unspecified atom stereocenters. The maximum atomic E-state index is 14.0. The van der Waals surface area contributed by atoms with E-state index in [9.17, 15) is 19.5 Å². The number of hydrogen-bond acceptors (Lipinski definition) is 7. The molecule has 0 spiro atoms. The van der Waals surface area contributed by atoms with Crippen LogP contribution in [0, 0.1) is 11.8 Å². The second-order valence-electron chi connectivity index (χ2n) is 12.6. The zero-order valence-corrected chi connectivity index (χ0v) is 23.3. The van der Waals surface area contributed by atoms with Crippen molar-refractivity contribution < 1.29 is 24.2 Å². The van der Waals surface area contributed by atoms with Crippen LogP contribution < -0.4 is 5.32 Å². The minimum absolute atomic E-state index is 0.105.